The predicted molar refractivity (Wildman–Crippen MR) is 60.3 cm³/mol. The molecule has 4 heteroatoms. The van der Waals surface area contributed by atoms with Gasteiger partial charge in [0.25, 0.3) is 0 Å². The summed E-state index contributed by atoms with van der Waals surface area (Å²) in [5.74, 6) is 0. The average molecular weight is 206 g/mol. The minimum Gasteiger partial charge on any atom is -0.397 e. The van der Waals surface area contributed by atoms with E-state index in [1.54, 1.807) is 6.20 Å². The monoisotopic (exact) mass is 206 g/mol. The van der Waals surface area contributed by atoms with Gasteiger partial charge in [0.05, 0.1) is 23.6 Å². The van der Waals surface area contributed by atoms with Crippen molar-refractivity contribution >= 4 is 5.69 Å². The summed E-state index contributed by atoms with van der Waals surface area (Å²) in [4.78, 5) is 2.45. The summed E-state index contributed by atoms with van der Waals surface area (Å²) in [6.07, 6.45) is 5.34. The van der Waals surface area contributed by atoms with E-state index in [4.69, 9.17) is 5.73 Å². The molecular formula is C11H18N4. The second kappa shape index (κ2) is 4.57. The van der Waals surface area contributed by atoms with Crippen LogP contribution in [0.5, 0.6) is 0 Å². The molecule has 0 aliphatic carbocycles. The van der Waals surface area contributed by atoms with Gasteiger partial charge in [0.2, 0.25) is 0 Å². The Morgan fingerprint density at radius 1 is 1.53 bits per heavy atom. The van der Waals surface area contributed by atoms with Gasteiger partial charge in [-0.25, -0.2) is 0 Å². The highest BCUT2D eigenvalue weighted by molar-refractivity contribution is 5.35. The van der Waals surface area contributed by atoms with Gasteiger partial charge in [-0.15, -0.1) is 0 Å². The van der Waals surface area contributed by atoms with Crippen molar-refractivity contribution in [1.82, 2.24) is 15.1 Å². The highest BCUT2D eigenvalue weighted by Crippen LogP contribution is 2.29. The third-order valence-electron chi connectivity index (χ3n) is 3.06. The van der Waals surface area contributed by atoms with Crippen molar-refractivity contribution < 1.29 is 0 Å². The third-order valence-corrected chi connectivity index (χ3v) is 3.06. The number of rotatable bonds is 2. The number of hydrogen-bond acceptors (Lipinski definition) is 4. The maximum absolute atomic E-state index is 5.73. The number of aromatic nitrogens is 2. The molecule has 15 heavy (non-hydrogen) atoms. The molecule has 2 N–H and O–H groups in total. The van der Waals surface area contributed by atoms with Crippen molar-refractivity contribution in [3.05, 3.63) is 18.0 Å². The Hall–Kier alpha value is -1.16. The lowest BCUT2D eigenvalue weighted by atomic mass is 9.99. The Labute approximate surface area is 90.5 Å². The molecule has 1 unspecified atom stereocenters. The van der Waals surface area contributed by atoms with Crippen molar-refractivity contribution in [2.24, 2.45) is 0 Å². The van der Waals surface area contributed by atoms with E-state index in [1.165, 1.54) is 19.3 Å². The summed E-state index contributed by atoms with van der Waals surface area (Å²) >= 11 is 0. The second-order valence-corrected chi connectivity index (χ2v) is 4.05. The van der Waals surface area contributed by atoms with E-state index >= 15 is 0 Å². The first kappa shape index (κ1) is 10.4. The molecule has 2 heterocycles. The SMILES string of the molecule is CCN1CCCCC1c1cc(N)cnn1. The van der Waals surface area contributed by atoms with Crippen LogP contribution in [0.3, 0.4) is 0 Å². The Bertz CT molecular complexity index is 326. The number of hydrogen-bond donors (Lipinski definition) is 1. The van der Waals surface area contributed by atoms with Gasteiger partial charge in [-0.3, -0.25) is 4.90 Å². The lowest BCUT2D eigenvalue weighted by Crippen LogP contribution is -2.33. The Morgan fingerprint density at radius 3 is 3.13 bits per heavy atom. The first-order valence-corrected chi connectivity index (χ1v) is 5.63. The Balaban J connectivity index is 2.20. The maximum atomic E-state index is 5.73. The van der Waals surface area contributed by atoms with E-state index < -0.39 is 0 Å². The number of likely N-dealkylation sites (tertiary alicyclic amines) is 1. The topological polar surface area (TPSA) is 55.0 Å². The van der Waals surface area contributed by atoms with Gasteiger partial charge in [0.1, 0.15) is 0 Å². The third kappa shape index (κ3) is 2.26. The molecule has 0 radical (unpaired) electrons. The van der Waals surface area contributed by atoms with Crippen LogP contribution in [-0.2, 0) is 0 Å². The maximum Gasteiger partial charge on any atom is 0.0823 e. The molecule has 0 spiro atoms. The molecule has 4 nitrogen and oxygen atoms in total. The zero-order valence-electron chi connectivity index (χ0n) is 9.19. The summed E-state index contributed by atoms with van der Waals surface area (Å²) in [5.41, 5.74) is 7.47. The minimum atomic E-state index is 0.416. The molecule has 1 aromatic rings. The summed E-state index contributed by atoms with van der Waals surface area (Å²) in [5, 5.41) is 8.12. The van der Waals surface area contributed by atoms with Crippen LogP contribution in [0.1, 0.15) is 37.9 Å². The summed E-state index contributed by atoms with van der Waals surface area (Å²) in [6.45, 7) is 4.43. The molecule has 0 amide bonds. The van der Waals surface area contributed by atoms with Crippen LogP contribution in [-0.4, -0.2) is 28.2 Å². The standard InChI is InChI=1S/C11H18N4/c1-2-15-6-4-3-5-11(15)10-7-9(12)8-13-14-10/h7-8,11H,2-6H2,1H3,(H2,12,14). The van der Waals surface area contributed by atoms with E-state index in [9.17, 15) is 0 Å². The van der Waals surface area contributed by atoms with E-state index in [-0.39, 0.29) is 0 Å². The molecule has 1 aliphatic rings. The van der Waals surface area contributed by atoms with Gasteiger partial charge in [-0.1, -0.05) is 13.3 Å². The van der Waals surface area contributed by atoms with Crippen molar-refractivity contribution in [3.8, 4) is 0 Å². The second-order valence-electron chi connectivity index (χ2n) is 4.05. The van der Waals surface area contributed by atoms with E-state index in [0.717, 1.165) is 18.8 Å². The lowest BCUT2D eigenvalue weighted by Gasteiger charge is -2.34. The van der Waals surface area contributed by atoms with Crippen molar-refractivity contribution in [2.45, 2.75) is 32.2 Å². The number of anilines is 1. The molecule has 0 bridgehead atoms. The summed E-state index contributed by atoms with van der Waals surface area (Å²) < 4.78 is 0. The van der Waals surface area contributed by atoms with Gasteiger partial charge in [-0.05, 0) is 32.0 Å². The normalized spacial score (nSPS) is 22.9. The first-order valence-electron chi connectivity index (χ1n) is 5.63. The Morgan fingerprint density at radius 2 is 2.40 bits per heavy atom. The molecule has 1 aromatic heterocycles. The quantitative estimate of drug-likeness (QED) is 0.798. The molecule has 1 atom stereocenters. The molecule has 0 aromatic carbocycles. The number of nitrogens with zero attached hydrogens (tertiary/aromatic N) is 3. The van der Waals surface area contributed by atoms with Crippen LogP contribution < -0.4 is 5.73 Å². The Kier molecular flexibility index (Phi) is 3.16. The van der Waals surface area contributed by atoms with Crippen LogP contribution >= 0.6 is 0 Å². The fourth-order valence-electron chi connectivity index (χ4n) is 2.27. The van der Waals surface area contributed by atoms with Gasteiger partial charge >= 0.3 is 0 Å². The van der Waals surface area contributed by atoms with Gasteiger partial charge in [-0.2, -0.15) is 10.2 Å². The van der Waals surface area contributed by atoms with Crippen molar-refractivity contribution in [2.75, 3.05) is 18.8 Å². The fraction of sp³-hybridized carbons (Fsp3) is 0.636. The molecule has 1 fully saturated rings. The average Bonchev–Trinajstić information content (AvgIpc) is 2.29. The smallest absolute Gasteiger partial charge is 0.0823 e. The van der Waals surface area contributed by atoms with Crippen LogP contribution in [0.15, 0.2) is 12.3 Å². The first-order chi connectivity index (χ1) is 7.31. The van der Waals surface area contributed by atoms with Crippen LogP contribution in [0.2, 0.25) is 0 Å². The fourth-order valence-corrected chi connectivity index (χ4v) is 2.27. The highest BCUT2D eigenvalue weighted by atomic mass is 15.2. The summed E-state index contributed by atoms with van der Waals surface area (Å²) in [7, 11) is 0. The van der Waals surface area contributed by atoms with Crippen molar-refractivity contribution in [3.63, 3.8) is 0 Å². The van der Waals surface area contributed by atoms with Crippen LogP contribution in [0, 0.1) is 0 Å². The van der Waals surface area contributed by atoms with Gasteiger partial charge < -0.3 is 5.73 Å². The molecule has 1 saturated heterocycles. The molecule has 0 saturated carbocycles. The number of nitrogen functional groups attached to an aromatic ring is 1. The largest absolute Gasteiger partial charge is 0.397 e. The number of nitrogens with two attached hydrogens (primary N) is 1. The molecule has 1 aliphatic heterocycles. The van der Waals surface area contributed by atoms with Gasteiger partial charge in [0.15, 0.2) is 0 Å². The lowest BCUT2D eigenvalue weighted by molar-refractivity contribution is 0.153. The van der Waals surface area contributed by atoms with E-state index in [0.29, 0.717) is 11.7 Å². The zero-order chi connectivity index (χ0) is 10.7. The molecular weight excluding hydrogens is 188 g/mol. The van der Waals surface area contributed by atoms with E-state index in [1.807, 2.05) is 6.07 Å². The predicted octanol–water partition coefficient (Wildman–Crippen LogP) is 1.61. The zero-order valence-corrected chi connectivity index (χ0v) is 9.19. The van der Waals surface area contributed by atoms with E-state index in [2.05, 4.69) is 22.0 Å². The molecule has 2 rings (SSSR count). The van der Waals surface area contributed by atoms with Crippen LogP contribution in [0.25, 0.3) is 0 Å². The highest BCUT2D eigenvalue weighted by Gasteiger charge is 2.23. The minimum absolute atomic E-state index is 0.416. The molecule has 82 valence electrons. The van der Waals surface area contributed by atoms with Crippen LogP contribution in [0.4, 0.5) is 5.69 Å². The number of piperidine rings is 1. The van der Waals surface area contributed by atoms with Gasteiger partial charge in [0, 0.05) is 0 Å². The van der Waals surface area contributed by atoms with Crippen molar-refractivity contribution in [1.29, 1.82) is 0 Å². The summed E-state index contributed by atoms with van der Waals surface area (Å²) in [6, 6.07) is 2.37.